The fourth-order valence-electron chi connectivity index (χ4n) is 3.90. The van der Waals surface area contributed by atoms with E-state index in [0.717, 1.165) is 63.9 Å². The molecule has 2 aliphatic rings. The number of carbonyl (C=O) groups is 1. The number of anilines is 1. The van der Waals surface area contributed by atoms with Gasteiger partial charge in [0.1, 0.15) is 12.2 Å². The molecule has 27 heavy (non-hydrogen) atoms. The molecule has 0 saturated carbocycles. The molecule has 2 aromatic heterocycles. The Labute approximate surface area is 159 Å². The summed E-state index contributed by atoms with van der Waals surface area (Å²) < 4.78 is 1.98. The minimum absolute atomic E-state index is 0.232. The lowest BCUT2D eigenvalue weighted by atomic mass is 9.96. The summed E-state index contributed by atoms with van der Waals surface area (Å²) in [5.41, 5.74) is 0. The Hall–Kier alpha value is -2.55. The third-order valence-electron chi connectivity index (χ3n) is 5.53. The number of piperazine rings is 1. The number of carbonyl (C=O) groups excluding carboxylic acids is 1. The third kappa shape index (κ3) is 4.08. The van der Waals surface area contributed by atoms with Crippen LogP contribution in [0.3, 0.4) is 0 Å². The van der Waals surface area contributed by atoms with E-state index in [0.29, 0.717) is 12.5 Å². The molecular formula is C18H26N8O. The monoisotopic (exact) mass is 370 g/mol. The van der Waals surface area contributed by atoms with Crippen molar-refractivity contribution >= 4 is 11.9 Å². The molecule has 0 aromatic carbocycles. The topological polar surface area (TPSA) is 83.3 Å². The fraction of sp³-hybridized carbons (Fsp3) is 0.611. The van der Waals surface area contributed by atoms with Crippen molar-refractivity contribution in [2.24, 2.45) is 7.05 Å². The lowest BCUT2D eigenvalue weighted by molar-refractivity contribution is -0.133. The van der Waals surface area contributed by atoms with Crippen molar-refractivity contribution < 1.29 is 4.79 Å². The van der Waals surface area contributed by atoms with E-state index in [-0.39, 0.29) is 5.91 Å². The lowest BCUT2D eigenvalue weighted by Gasteiger charge is -2.36. The summed E-state index contributed by atoms with van der Waals surface area (Å²) in [5.74, 6) is 2.43. The highest BCUT2D eigenvalue weighted by Gasteiger charge is 2.28. The van der Waals surface area contributed by atoms with Crippen molar-refractivity contribution in [2.45, 2.75) is 18.8 Å². The van der Waals surface area contributed by atoms with Crippen LogP contribution in [0.25, 0.3) is 0 Å². The molecule has 2 aromatic rings. The van der Waals surface area contributed by atoms with E-state index in [9.17, 15) is 4.79 Å². The lowest BCUT2D eigenvalue weighted by Crippen LogP contribution is -2.51. The standard InChI is InChI=1S/C18H26N8O/c1-23-14-21-22-17(23)15-3-7-25(8-4-15)16(27)13-24-9-11-26(12-10-24)18-19-5-2-6-20-18/h2,5-6,14-15H,3-4,7-13H2,1H3. The van der Waals surface area contributed by atoms with Gasteiger partial charge in [0.2, 0.25) is 11.9 Å². The summed E-state index contributed by atoms with van der Waals surface area (Å²) in [6.45, 7) is 5.52. The van der Waals surface area contributed by atoms with Gasteiger partial charge in [0.05, 0.1) is 6.54 Å². The van der Waals surface area contributed by atoms with E-state index in [1.54, 1.807) is 18.7 Å². The maximum Gasteiger partial charge on any atom is 0.236 e. The molecule has 0 radical (unpaired) electrons. The predicted octanol–water partition coefficient (Wildman–Crippen LogP) is 0.133. The molecular weight excluding hydrogens is 344 g/mol. The maximum atomic E-state index is 12.7. The average molecular weight is 370 g/mol. The molecule has 9 heteroatoms. The molecule has 0 spiro atoms. The Morgan fingerprint density at radius 1 is 1.07 bits per heavy atom. The smallest absolute Gasteiger partial charge is 0.236 e. The summed E-state index contributed by atoms with van der Waals surface area (Å²) in [7, 11) is 1.98. The Morgan fingerprint density at radius 3 is 2.41 bits per heavy atom. The molecule has 9 nitrogen and oxygen atoms in total. The first-order chi connectivity index (χ1) is 13.2. The highest BCUT2D eigenvalue weighted by molar-refractivity contribution is 5.78. The quantitative estimate of drug-likeness (QED) is 0.757. The van der Waals surface area contributed by atoms with Crippen molar-refractivity contribution in [1.29, 1.82) is 0 Å². The van der Waals surface area contributed by atoms with Gasteiger partial charge >= 0.3 is 0 Å². The number of aromatic nitrogens is 5. The van der Waals surface area contributed by atoms with Gasteiger partial charge < -0.3 is 14.4 Å². The zero-order chi connectivity index (χ0) is 18.6. The van der Waals surface area contributed by atoms with Gasteiger partial charge in [0, 0.05) is 64.6 Å². The summed E-state index contributed by atoms with van der Waals surface area (Å²) in [6, 6.07) is 1.83. The Bertz CT molecular complexity index is 748. The largest absolute Gasteiger partial charge is 0.342 e. The van der Waals surface area contributed by atoms with Crippen LogP contribution in [0, 0.1) is 0 Å². The van der Waals surface area contributed by atoms with E-state index in [1.807, 2.05) is 22.6 Å². The van der Waals surface area contributed by atoms with Crippen LogP contribution in [-0.2, 0) is 11.8 Å². The number of hydrogen-bond acceptors (Lipinski definition) is 7. The first-order valence-corrected chi connectivity index (χ1v) is 9.56. The Balaban J connectivity index is 1.23. The number of hydrogen-bond donors (Lipinski definition) is 0. The van der Waals surface area contributed by atoms with E-state index >= 15 is 0 Å². The van der Waals surface area contributed by atoms with Crippen LogP contribution < -0.4 is 4.90 Å². The first kappa shape index (κ1) is 17.8. The molecule has 2 saturated heterocycles. The molecule has 1 amide bonds. The molecule has 0 bridgehead atoms. The van der Waals surface area contributed by atoms with Gasteiger partial charge in [-0.2, -0.15) is 0 Å². The predicted molar refractivity (Wildman–Crippen MR) is 100 cm³/mol. The van der Waals surface area contributed by atoms with Gasteiger partial charge in [0.15, 0.2) is 0 Å². The Kier molecular flexibility index (Phi) is 5.28. The fourth-order valence-corrected chi connectivity index (χ4v) is 3.90. The zero-order valence-electron chi connectivity index (χ0n) is 15.7. The third-order valence-corrected chi connectivity index (χ3v) is 5.53. The van der Waals surface area contributed by atoms with Gasteiger partial charge in [-0.15, -0.1) is 10.2 Å². The highest BCUT2D eigenvalue weighted by Crippen LogP contribution is 2.26. The van der Waals surface area contributed by atoms with Gasteiger partial charge in [-0.1, -0.05) is 0 Å². The van der Waals surface area contributed by atoms with E-state index in [1.165, 1.54) is 0 Å². The maximum absolute atomic E-state index is 12.7. The molecule has 0 aliphatic carbocycles. The van der Waals surface area contributed by atoms with E-state index < -0.39 is 0 Å². The van der Waals surface area contributed by atoms with Crippen molar-refractivity contribution in [2.75, 3.05) is 50.7 Å². The second kappa shape index (κ2) is 7.99. The number of piperidine rings is 1. The van der Waals surface area contributed by atoms with E-state index in [4.69, 9.17) is 0 Å². The minimum Gasteiger partial charge on any atom is -0.342 e. The van der Waals surface area contributed by atoms with Crippen molar-refractivity contribution in [3.05, 3.63) is 30.6 Å². The van der Waals surface area contributed by atoms with Crippen LogP contribution in [0.5, 0.6) is 0 Å². The molecule has 2 aliphatic heterocycles. The molecule has 4 heterocycles. The minimum atomic E-state index is 0.232. The first-order valence-electron chi connectivity index (χ1n) is 9.56. The SMILES string of the molecule is Cn1cnnc1C1CCN(C(=O)CN2CCN(c3ncccn3)CC2)CC1. The second-order valence-corrected chi connectivity index (χ2v) is 7.27. The van der Waals surface area contributed by atoms with Gasteiger partial charge in [-0.3, -0.25) is 9.69 Å². The summed E-state index contributed by atoms with van der Waals surface area (Å²) in [6.07, 6.45) is 7.19. The molecule has 2 fully saturated rings. The molecule has 0 N–H and O–H groups in total. The van der Waals surface area contributed by atoms with Crippen molar-refractivity contribution in [1.82, 2.24) is 34.5 Å². The van der Waals surface area contributed by atoms with E-state index in [2.05, 4.69) is 30.0 Å². The number of nitrogens with zero attached hydrogens (tertiary/aromatic N) is 8. The Morgan fingerprint density at radius 2 is 1.78 bits per heavy atom. The average Bonchev–Trinajstić information content (AvgIpc) is 3.15. The number of rotatable bonds is 4. The zero-order valence-corrected chi connectivity index (χ0v) is 15.7. The van der Waals surface area contributed by atoms with Crippen LogP contribution in [0.1, 0.15) is 24.6 Å². The van der Waals surface area contributed by atoms with Gasteiger partial charge in [-0.05, 0) is 18.9 Å². The van der Waals surface area contributed by atoms with Crippen molar-refractivity contribution in [3.8, 4) is 0 Å². The molecule has 0 unspecified atom stereocenters. The molecule has 0 atom stereocenters. The molecule has 4 rings (SSSR count). The van der Waals surface area contributed by atoms with Crippen LogP contribution >= 0.6 is 0 Å². The number of amides is 1. The van der Waals surface area contributed by atoms with Gasteiger partial charge in [0.25, 0.3) is 0 Å². The number of likely N-dealkylation sites (tertiary alicyclic amines) is 1. The van der Waals surface area contributed by atoms with Crippen LogP contribution in [0.15, 0.2) is 24.8 Å². The van der Waals surface area contributed by atoms with Crippen molar-refractivity contribution in [3.63, 3.8) is 0 Å². The van der Waals surface area contributed by atoms with Crippen LogP contribution in [0.2, 0.25) is 0 Å². The van der Waals surface area contributed by atoms with Crippen LogP contribution in [0.4, 0.5) is 5.95 Å². The second-order valence-electron chi connectivity index (χ2n) is 7.27. The van der Waals surface area contributed by atoms with Gasteiger partial charge in [-0.25, -0.2) is 9.97 Å². The summed E-state index contributed by atoms with van der Waals surface area (Å²) in [5, 5.41) is 8.19. The summed E-state index contributed by atoms with van der Waals surface area (Å²) >= 11 is 0. The summed E-state index contributed by atoms with van der Waals surface area (Å²) in [4.78, 5) is 27.7. The molecule has 144 valence electrons. The normalized spacial score (nSPS) is 19.4. The number of aryl methyl sites for hydroxylation is 1. The highest BCUT2D eigenvalue weighted by atomic mass is 16.2. The van der Waals surface area contributed by atoms with Crippen LogP contribution in [-0.4, -0.2) is 86.3 Å².